The highest BCUT2D eigenvalue weighted by molar-refractivity contribution is 6.35. The molecular weight excluding hydrogens is 472 g/mol. The van der Waals surface area contributed by atoms with Gasteiger partial charge < -0.3 is 4.74 Å². The van der Waals surface area contributed by atoms with Gasteiger partial charge in [0.05, 0.1) is 17.9 Å². The van der Waals surface area contributed by atoms with Crippen molar-refractivity contribution in [2.24, 2.45) is 22.2 Å². The van der Waals surface area contributed by atoms with Crippen molar-refractivity contribution in [1.29, 1.82) is 0 Å². The van der Waals surface area contributed by atoms with Crippen LogP contribution in [0.1, 0.15) is 91.4 Å². The van der Waals surface area contributed by atoms with Crippen LogP contribution in [-0.4, -0.2) is 24.5 Å². The molecule has 0 spiro atoms. The molecule has 1 fully saturated rings. The van der Waals surface area contributed by atoms with Gasteiger partial charge in [0.25, 0.3) is 0 Å². The van der Waals surface area contributed by atoms with Crippen molar-refractivity contribution in [3.8, 4) is 0 Å². The topological polar surface area (TPSA) is 60.4 Å². The maximum absolute atomic E-state index is 14.9. The summed E-state index contributed by atoms with van der Waals surface area (Å²) < 4.78 is 6.05. The van der Waals surface area contributed by atoms with Crippen molar-refractivity contribution >= 4 is 17.3 Å². The molecule has 0 aliphatic heterocycles. The molecular formula is C34H44O4. The average Bonchev–Trinajstić information content (AvgIpc) is 2.86. The minimum absolute atomic E-state index is 0.0358. The third kappa shape index (κ3) is 4.79. The van der Waals surface area contributed by atoms with Gasteiger partial charge in [0.2, 0.25) is 0 Å². The van der Waals surface area contributed by atoms with Gasteiger partial charge in [-0.2, -0.15) is 0 Å². The van der Waals surface area contributed by atoms with Gasteiger partial charge in [-0.25, -0.2) is 0 Å². The number of hydrogen-bond acceptors (Lipinski definition) is 4. The zero-order valence-corrected chi connectivity index (χ0v) is 24.7. The van der Waals surface area contributed by atoms with Gasteiger partial charge in [-0.1, -0.05) is 79.1 Å². The van der Waals surface area contributed by atoms with E-state index in [1.54, 1.807) is 24.3 Å². The summed E-state index contributed by atoms with van der Waals surface area (Å²) in [5.74, 6) is -0.602. The van der Waals surface area contributed by atoms with Crippen LogP contribution < -0.4 is 0 Å². The summed E-state index contributed by atoms with van der Waals surface area (Å²) in [5, 5.41) is 0. The van der Waals surface area contributed by atoms with E-state index in [1.807, 2.05) is 39.8 Å². The molecule has 3 rings (SSSR count). The minimum atomic E-state index is -1.32. The Hall–Kier alpha value is -3.01. The fourth-order valence-corrected chi connectivity index (χ4v) is 6.39. The van der Waals surface area contributed by atoms with E-state index in [4.69, 9.17) is 4.74 Å². The summed E-state index contributed by atoms with van der Waals surface area (Å²) in [7, 11) is 1.50. The van der Waals surface area contributed by atoms with Gasteiger partial charge in [0.15, 0.2) is 17.3 Å². The lowest BCUT2D eigenvalue weighted by atomic mass is 9.40. The lowest BCUT2D eigenvalue weighted by Crippen LogP contribution is -2.66. The number of allylic oxidation sites excluding steroid dienone is 8. The summed E-state index contributed by atoms with van der Waals surface area (Å²) in [6.45, 7) is 16.4. The van der Waals surface area contributed by atoms with Crippen molar-refractivity contribution in [1.82, 2.24) is 0 Å². The molecule has 1 aromatic carbocycles. The molecule has 2 bridgehead atoms. The largest absolute Gasteiger partial charge is 0.499 e. The lowest BCUT2D eigenvalue weighted by Gasteiger charge is -2.61. The normalized spacial score (nSPS) is 26.0. The number of fused-ring (bicyclic) bond motifs is 2. The molecule has 0 radical (unpaired) electrons. The van der Waals surface area contributed by atoms with Crippen molar-refractivity contribution < 1.29 is 19.1 Å². The van der Waals surface area contributed by atoms with Gasteiger partial charge in [0.1, 0.15) is 11.3 Å². The predicted octanol–water partition coefficient (Wildman–Crippen LogP) is 8.01. The molecule has 2 aliphatic rings. The van der Waals surface area contributed by atoms with E-state index >= 15 is 0 Å². The van der Waals surface area contributed by atoms with Gasteiger partial charge >= 0.3 is 0 Å². The first-order chi connectivity index (χ1) is 17.8. The van der Waals surface area contributed by atoms with Crippen LogP contribution in [0.15, 0.2) is 76.6 Å². The number of ether oxygens (including phenoxy) is 1. The zero-order chi connectivity index (χ0) is 28.5. The van der Waals surface area contributed by atoms with Crippen molar-refractivity contribution in [2.75, 3.05) is 7.11 Å². The molecule has 2 aliphatic carbocycles. The predicted molar refractivity (Wildman–Crippen MR) is 154 cm³/mol. The number of Topliss-reactive ketones (excluding diaryl/α,β-unsaturated/α-hetero) is 3. The maximum Gasteiger partial charge on any atom is 0.200 e. The number of hydrogen-bond donors (Lipinski definition) is 0. The molecule has 0 aromatic heterocycles. The zero-order valence-electron chi connectivity index (χ0n) is 24.7. The van der Waals surface area contributed by atoms with Crippen LogP contribution in [0.5, 0.6) is 0 Å². The number of carbonyl (C=O) groups excluding carboxylic acids is 3. The Balaban J connectivity index is 2.47. The summed E-state index contributed by atoms with van der Waals surface area (Å²) in [6.07, 6.45) is 8.08. The molecule has 38 heavy (non-hydrogen) atoms. The van der Waals surface area contributed by atoms with Gasteiger partial charge in [-0.15, -0.1) is 0 Å². The standard InChI is InChI=1S/C34H44O4/c1-22(2)15-16-26-21-33(19-17-23(3)4)29(36)27(28(35)25-13-11-10-12-14-25)30(38-9)34(31(33)37,32(26,7)8)20-18-24(5)6/h10-15,17-18,26H,16,19-21H2,1-9H3/t26-,33+,34-/m0/s1. The Labute approximate surface area is 228 Å². The summed E-state index contributed by atoms with van der Waals surface area (Å²) in [5.41, 5.74) is 0.733. The molecule has 0 saturated heterocycles. The second-order valence-electron chi connectivity index (χ2n) is 12.4. The van der Waals surface area contributed by atoms with E-state index in [9.17, 15) is 14.4 Å². The third-order valence-electron chi connectivity index (χ3n) is 8.77. The van der Waals surface area contributed by atoms with Crippen molar-refractivity contribution in [2.45, 2.75) is 81.1 Å². The lowest BCUT2D eigenvalue weighted by molar-refractivity contribution is -0.170. The molecule has 0 amide bonds. The number of rotatable bonds is 9. The molecule has 3 atom stereocenters. The van der Waals surface area contributed by atoms with Gasteiger partial charge in [-0.3, -0.25) is 14.4 Å². The Bertz CT molecular complexity index is 1230. The smallest absolute Gasteiger partial charge is 0.200 e. The highest BCUT2D eigenvalue weighted by atomic mass is 16.5. The maximum atomic E-state index is 14.9. The van der Waals surface area contributed by atoms with Crippen LogP contribution in [0, 0.1) is 22.2 Å². The van der Waals surface area contributed by atoms with Crippen LogP contribution in [0.25, 0.3) is 0 Å². The Morgan fingerprint density at radius 2 is 1.45 bits per heavy atom. The number of ketones is 3. The van der Waals surface area contributed by atoms with E-state index in [0.29, 0.717) is 18.4 Å². The fourth-order valence-electron chi connectivity index (χ4n) is 6.39. The molecule has 4 heteroatoms. The Morgan fingerprint density at radius 1 is 0.895 bits per heavy atom. The van der Waals surface area contributed by atoms with Gasteiger partial charge in [0, 0.05) is 5.56 Å². The van der Waals surface area contributed by atoms with E-state index in [2.05, 4.69) is 39.8 Å². The first-order valence-corrected chi connectivity index (χ1v) is 13.6. The highest BCUT2D eigenvalue weighted by Crippen LogP contribution is 2.67. The Morgan fingerprint density at radius 3 is 1.97 bits per heavy atom. The van der Waals surface area contributed by atoms with Crippen LogP contribution in [0.2, 0.25) is 0 Å². The number of benzene rings is 1. The molecule has 1 saturated carbocycles. The first-order valence-electron chi connectivity index (χ1n) is 13.6. The van der Waals surface area contributed by atoms with Crippen LogP contribution in [0.3, 0.4) is 0 Å². The molecule has 0 unspecified atom stereocenters. The number of carbonyl (C=O) groups is 3. The SMILES string of the molecule is COC1=C(C(=O)c2ccccc2)C(=O)[C@@]2(CC=C(C)C)C[C@H](CC=C(C)C)C(C)(C)[C@]1(CC=C(C)C)C2=O. The average molecular weight is 517 g/mol. The fraction of sp³-hybridized carbons (Fsp3) is 0.500. The highest BCUT2D eigenvalue weighted by Gasteiger charge is 2.72. The first kappa shape index (κ1) is 29.5. The summed E-state index contributed by atoms with van der Waals surface area (Å²) in [6, 6.07) is 8.85. The molecule has 204 valence electrons. The summed E-state index contributed by atoms with van der Waals surface area (Å²) >= 11 is 0. The summed E-state index contributed by atoms with van der Waals surface area (Å²) in [4.78, 5) is 43.6. The second-order valence-corrected chi connectivity index (χ2v) is 12.4. The van der Waals surface area contributed by atoms with Gasteiger partial charge in [-0.05, 0) is 78.6 Å². The monoisotopic (exact) mass is 516 g/mol. The van der Waals surface area contributed by atoms with E-state index < -0.39 is 22.0 Å². The van der Waals surface area contributed by atoms with E-state index in [1.165, 1.54) is 12.7 Å². The minimum Gasteiger partial charge on any atom is -0.499 e. The Kier molecular flexibility index (Phi) is 8.55. The second kappa shape index (κ2) is 11.0. The third-order valence-corrected chi connectivity index (χ3v) is 8.77. The molecule has 0 N–H and O–H groups in total. The van der Waals surface area contributed by atoms with E-state index in [-0.39, 0.29) is 35.2 Å². The quantitative estimate of drug-likeness (QED) is 0.144. The van der Waals surface area contributed by atoms with Crippen LogP contribution in [0.4, 0.5) is 0 Å². The van der Waals surface area contributed by atoms with Crippen molar-refractivity contribution in [3.05, 3.63) is 82.2 Å². The van der Waals surface area contributed by atoms with E-state index in [0.717, 1.165) is 17.6 Å². The molecule has 0 heterocycles. The number of methoxy groups -OCH3 is 1. The van der Waals surface area contributed by atoms with Crippen LogP contribution in [-0.2, 0) is 14.3 Å². The van der Waals surface area contributed by atoms with Crippen LogP contribution >= 0.6 is 0 Å². The molecule has 4 nitrogen and oxygen atoms in total. The van der Waals surface area contributed by atoms with Crippen molar-refractivity contribution in [3.63, 3.8) is 0 Å². The molecule has 1 aromatic rings.